The average Bonchev–Trinajstić information content (AvgIpc) is 4.03. The summed E-state index contributed by atoms with van der Waals surface area (Å²) in [5, 5.41) is 8.84. The number of anilines is 3. The van der Waals surface area contributed by atoms with Crippen LogP contribution in [-0.4, -0.2) is 122 Å². The van der Waals surface area contributed by atoms with Gasteiger partial charge in [0, 0.05) is 57.5 Å². The number of benzene rings is 2. The zero-order valence-electron chi connectivity index (χ0n) is 32.6. The first-order chi connectivity index (χ1) is 28.6. The number of halogens is 2. The Morgan fingerprint density at radius 1 is 0.915 bits per heavy atom. The van der Waals surface area contributed by atoms with Gasteiger partial charge in [-0.25, -0.2) is 28.2 Å². The molecule has 16 nitrogen and oxygen atoms in total. The number of hydrogen-bond acceptors (Lipinski definition) is 13. The van der Waals surface area contributed by atoms with Crippen LogP contribution in [0.25, 0.3) is 39.0 Å². The minimum atomic E-state index is -0.711. The number of likely N-dealkylation sites (N-methyl/N-ethyl adjacent to an activating group) is 1. The maximum Gasteiger partial charge on any atom is 0.328 e. The predicted octanol–water partition coefficient (Wildman–Crippen LogP) is 4.26. The lowest BCUT2D eigenvalue weighted by Crippen LogP contribution is -2.47. The van der Waals surface area contributed by atoms with E-state index < -0.39 is 35.8 Å². The first-order valence-electron chi connectivity index (χ1n) is 19.7. The van der Waals surface area contributed by atoms with E-state index in [-0.39, 0.29) is 43.4 Å². The van der Waals surface area contributed by atoms with Crippen molar-refractivity contribution in [1.29, 1.82) is 0 Å². The van der Waals surface area contributed by atoms with Crippen LogP contribution in [0.3, 0.4) is 0 Å². The number of rotatable bonds is 2. The number of amides is 1. The Morgan fingerprint density at radius 3 is 2.64 bits per heavy atom. The van der Waals surface area contributed by atoms with Gasteiger partial charge in [0.2, 0.25) is 11.9 Å². The first-order valence-corrected chi connectivity index (χ1v) is 19.7. The second-order valence-corrected chi connectivity index (χ2v) is 15.4. The monoisotopic (exact) mass is 805 g/mol. The first kappa shape index (κ1) is 36.9. The summed E-state index contributed by atoms with van der Waals surface area (Å²) in [6.45, 7) is 3.25. The number of nitrogens with one attached hydrogen (secondary N) is 1. The van der Waals surface area contributed by atoms with Crippen LogP contribution in [0.15, 0.2) is 54.7 Å². The molecule has 2 aromatic carbocycles. The highest BCUT2D eigenvalue weighted by Crippen LogP contribution is 2.38. The Morgan fingerprint density at radius 2 is 1.78 bits per heavy atom. The molecule has 4 aromatic heterocycles. The summed E-state index contributed by atoms with van der Waals surface area (Å²) in [6.07, 6.45) is 2.81. The van der Waals surface area contributed by atoms with E-state index >= 15 is 4.39 Å². The van der Waals surface area contributed by atoms with E-state index in [1.165, 1.54) is 24.3 Å². The number of ether oxygens (including phenoxy) is 3. The van der Waals surface area contributed by atoms with Gasteiger partial charge in [-0.15, -0.1) is 0 Å². The maximum absolute atomic E-state index is 15.1. The average molecular weight is 806 g/mol. The lowest BCUT2D eigenvalue weighted by atomic mass is 10.1. The lowest BCUT2D eigenvalue weighted by molar-refractivity contribution is -0.145. The molecule has 0 unspecified atom stereocenters. The summed E-state index contributed by atoms with van der Waals surface area (Å²) in [5.41, 5.74) is 3.20. The number of imidazole rings is 1. The normalized spacial score (nSPS) is 22.2. The van der Waals surface area contributed by atoms with Gasteiger partial charge in [-0.1, -0.05) is 6.07 Å². The number of pyridine rings is 1. The molecule has 0 spiro atoms. The highest BCUT2D eigenvalue weighted by Gasteiger charge is 2.42. The van der Waals surface area contributed by atoms with Crippen molar-refractivity contribution in [2.45, 2.75) is 57.0 Å². The molecule has 4 aliphatic rings. The maximum atomic E-state index is 15.1. The SMILES string of the molecule is CO[C@H]1CN(C)C(=O)[C@@H]2C[C@@H](CN2c2nc3nc4c2cnn4-c2ccc(F)cc2OCCOC(=O)[C@@H]2CCCN32)Nc2cccc(n2)-c2cc(F)cc3nc(C)n(c23)C1. The van der Waals surface area contributed by atoms with Crippen molar-refractivity contribution >= 4 is 51.5 Å². The molecule has 6 bridgehead atoms. The Kier molecular flexibility index (Phi) is 9.03. The minimum Gasteiger partial charge on any atom is -0.488 e. The highest BCUT2D eigenvalue weighted by atomic mass is 19.1. The molecule has 4 atom stereocenters. The molecule has 8 heterocycles. The summed E-state index contributed by atoms with van der Waals surface area (Å²) >= 11 is 0. The molecule has 59 heavy (non-hydrogen) atoms. The fourth-order valence-electron chi connectivity index (χ4n) is 8.94. The molecule has 2 fully saturated rings. The van der Waals surface area contributed by atoms with Crippen molar-refractivity contribution in [1.82, 2.24) is 39.2 Å². The number of hydrogen-bond donors (Lipinski definition) is 1. The third-order valence-corrected chi connectivity index (χ3v) is 11.7. The van der Waals surface area contributed by atoms with Crippen LogP contribution >= 0.6 is 0 Å². The quantitative estimate of drug-likeness (QED) is 0.248. The molecule has 304 valence electrons. The van der Waals surface area contributed by atoms with Crippen molar-refractivity contribution in [3.05, 3.63) is 72.2 Å². The zero-order valence-corrected chi connectivity index (χ0v) is 32.6. The fourth-order valence-corrected chi connectivity index (χ4v) is 8.94. The van der Waals surface area contributed by atoms with Gasteiger partial charge in [-0.2, -0.15) is 15.1 Å². The standard InChI is InChI=1S/C41H41F2N11O5/c1-22-45-30-15-24(43)14-27-29-6-4-8-35(47-29)46-25-17-33(39(55)50(2)20-26(57-3)21-52(22)36(27)30)53(19-25)37-28-18-44-54-31-10-9-23(42)16-34(31)58-12-13-59-40(56)32-7-5-11-51(32)41(48-37)49-38(28)54/h4,6,8-10,14-16,18,25-26,32-33H,5,7,11-13,17,19-21H2,1-3H3,(H,46,47)/t25-,26-,32-,33-/m0/s1. The second-order valence-electron chi connectivity index (χ2n) is 15.4. The van der Waals surface area contributed by atoms with Crippen molar-refractivity contribution in [3.8, 4) is 22.7 Å². The molecule has 1 amide bonds. The number of nitrogens with zero attached hydrogens (tertiary/aromatic N) is 10. The number of aromatic nitrogens is 7. The number of cyclic esters (lactones) is 1. The van der Waals surface area contributed by atoms with Crippen molar-refractivity contribution in [2.24, 2.45) is 0 Å². The zero-order chi connectivity index (χ0) is 40.5. The topological polar surface area (TPSA) is 158 Å². The largest absolute Gasteiger partial charge is 0.488 e. The Bertz CT molecular complexity index is 2650. The summed E-state index contributed by atoms with van der Waals surface area (Å²) in [7, 11) is 3.36. The number of carbonyl (C=O) groups is 2. The minimum absolute atomic E-state index is 0.00463. The molecule has 0 radical (unpaired) electrons. The van der Waals surface area contributed by atoms with Crippen LogP contribution in [-0.2, 0) is 25.6 Å². The van der Waals surface area contributed by atoms with E-state index in [1.807, 2.05) is 39.5 Å². The van der Waals surface area contributed by atoms with E-state index in [9.17, 15) is 14.0 Å². The highest BCUT2D eigenvalue weighted by molar-refractivity contribution is 5.95. The van der Waals surface area contributed by atoms with Crippen LogP contribution in [0.2, 0.25) is 0 Å². The van der Waals surface area contributed by atoms with Gasteiger partial charge < -0.3 is 38.8 Å². The fraction of sp³-hybridized carbons (Fsp3) is 0.390. The Balaban J connectivity index is 1.12. The Labute approximate surface area is 336 Å². The van der Waals surface area contributed by atoms with Crippen LogP contribution < -0.4 is 19.9 Å². The number of carbonyl (C=O) groups excluding carboxylic acids is 2. The van der Waals surface area contributed by atoms with Gasteiger partial charge in [0.1, 0.15) is 65.8 Å². The van der Waals surface area contributed by atoms with Crippen molar-refractivity contribution in [3.63, 3.8) is 0 Å². The number of aryl methyl sites for hydroxylation is 1. The molecule has 2 saturated heterocycles. The summed E-state index contributed by atoms with van der Waals surface area (Å²) in [6, 6.07) is 10.9. The smallest absolute Gasteiger partial charge is 0.328 e. The van der Waals surface area contributed by atoms with Crippen LogP contribution in [0.5, 0.6) is 5.75 Å². The second kappa shape index (κ2) is 14.4. The van der Waals surface area contributed by atoms with Crippen LogP contribution in [0.1, 0.15) is 25.1 Å². The number of esters is 1. The molecule has 10 rings (SSSR count). The molecule has 0 aliphatic carbocycles. The summed E-state index contributed by atoms with van der Waals surface area (Å²) in [4.78, 5) is 53.6. The molecular weight excluding hydrogens is 765 g/mol. The van der Waals surface area contributed by atoms with Gasteiger partial charge in [0.15, 0.2) is 5.65 Å². The van der Waals surface area contributed by atoms with Gasteiger partial charge >= 0.3 is 5.97 Å². The molecule has 1 N–H and O–H groups in total. The lowest BCUT2D eigenvalue weighted by Gasteiger charge is -2.31. The van der Waals surface area contributed by atoms with E-state index in [1.54, 1.807) is 36.0 Å². The van der Waals surface area contributed by atoms with E-state index in [2.05, 4.69) is 5.32 Å². The number of fused-ring (bicyclic) bond motifs is 10. The van der Waals surface area contributed by atoms with Gasteiger partial charge in [0.05, 0.1) is 41.0 Å². The third-order valence-electron chi connectivity index (χ3n) is 11.7. The van der Waals surface area contributed by atoms with Gasteiger partial charge in [0.25, 0.3) is 0 Å². The molecule has 0 saturated carbocycles. The summed E-state index contributed by atoms with van der Waals surface area (Å²) in [5.74, 6) is 0.604. The van der Waals surface area contributed by atoms with E-state index in [0.717, 1.165) is 5.52 Å². The summed E-state index contributed by atoms with van der Waals surface area (Å²) < 4.78 is 50.9. The van der Waals surface area contributed by atoms with Crippen LogP contribution in [0, 0.1) is 18.6 Å². The molecular formula is C41H41F2N11O5. The molecule has 18 heteroatoms. The van der Waals surface area contributed by atoms with Gasteiger partial charge in [-0.3, -0.25) is 4.79 Å². The van der Waals surface area contributed by atoms with Gasteiger partial charge in [-0.05, 0) is 56.5 Å². The van der Waals surface area contributed by atoms with Crippen LogP contribution in [0.4, 0.5) is 26.4 Å². The number of methoxy groups -OCH3 is 1. The third kappa shape index (κ3) is 6.41. The van der Waals surface area contributed by atoms with E-state index in [4.69, 9.17) is 39.2 Å². The Hall–Kier alpha value is -6.43. The molecule has 4 aliphatic heterocycles. The van der Waals surface area contributed by atoms with Crippen molar-refractivity contribution in [2.75, 3.05) is 62.1 Å². The van der Waals surface area contributed by atoms with E-state index in [0.29, 0.717) is 89.9 Å². The van der Waals surface area contributed by atoms with Crippen molar-refractivity contribution < 1.29 is 32.6 Å². The molecule has 6 aromatic rings. The predicted molar refractivity (Wildman–Crippen MR) is 213 cm³/mol.